The Balaban J connectivity index is 1.95. The lowest BCUT2D eigenvalue weighted by Crippen LogP contribution is -2.44. The van der Waals surface area contributed by atoms with Gasteiger partial charge in [0.05, 0.1) is 0 Å². The third-order valence-electron chi connectivity index (χ3n) is 4.29. The van der Waals surface area contributed by atoms with E-state index in [4.69, 9.17) is 10.5 Å². The number of nitrogens with zero attached hydrogens (tertiary/aromatic N) is 1. The molecule has 110 valence electrons. The topological polar surface area (TPSA) is 55.6 Å². The van der Waals surface area contributed by atoms with Gasteiger partial charge in [-0.3, -0.25) is 0 Å². The molecular formula is C15H28N2O2. The van der Waals surface area contributed by atoms with Crippen LogP contribution in [0.15, 0.2) is 0 Å². The highest BCUT2D eigenvalue weighted by molar-refractivity contribution is 5.69. The predicted octanol–water partition coefficient (Wildman–Crippen LogP) is 2.90. The Kier molecular flexibility index (Phi) is 4.39. The van der Waals surface area contributed by atoms with Crippen molar-refractivity contribution in [1.29, 1.82) is 0 Å². The zero-order valence-electron chi connectivity index (χ0n) is 12.5. The molecule has 2 fully saturated rings. The van der Waals surface area contributed by atoms with E-state index in [1.165, 1.54) is 0 Å². The first-order valence-electron chi connectivity index (χ1n) is 7.62. The van der Waals surface area contributed by atoms with Gasteiger partial charge < -0.3 is 15.4 Å². The van der Waals surface area contributed by atoms with Gasteiger partial charge in [0.2, 0.25) is 0 Å². The molecule has 1 aliphatic carbocycles. The highest BCUT2D eigenvalue weighted by Gasteiger charge is 2.37. The predicted molar refractivity (Wildman–Crippen MR) is 75.9 cm³/mol. The summed E-state index contributed by atoms with van der Waals surface area (Å²) >= 11 is 0. The Bertz CT molecular complexity index is 317. The molecule has 0 aromatic rings. The number of likely N-dealkylation sites (tertiary alicyclic amines) is 1. The van der Waals surface area contributed by atoms with E-state index < -0.39 is 5.60 Å². The molecule has 0 radical (unpaired) electrons. The second-order valence-corrected chi connectivity index (χ2v) is 7.06. The van der Waals surface area contributed by atoms with Crippen LogP contribution in [0.1, 0.15) is 59.3 Å². The fourth-order valence-corrected chi connectivity index (χ4v) is 3.36. The lowest BCUT2D eigenvalue weighted by molar-refractivity contribution is 0.0154. The van der Waals surface area contributed by atoms with E-state index in [2.05, 4.69) is 0 Å². The van der Waals surface area contributed by atoms with Crippen molar-refractivity contribution in [3.05, 3.63) is 0 Å². The van der Waals surface area contributed by atoms with Crippen LogP contribution in [0.5, 0.6) is 0 Å². The maximum Gasteiger partial charge on any atom is 0.410 e. The summed E-state index contributed by atoms with van der Waals surface area (Å²) in [6.07, 6.45) is 6.61. The van der Waals surface area contributed by atoms with Crippen molar-refractivity contribution in [2.75, 3.05) is 6.54 Å². The standard InChI is InChI=1S/C15H28N2O2/c1-15(2,3)19-14(18)17-10-4-5-13(17)11-6-8-12(16)9-7-11/h11-13H,4-10,16H2,1-3H3/t11?,12?,13-/m0/s1. The molecular weight excluding hydrogens is 240 g/mol. The third kappa shape index (κ3) is 3.85. The number of nitrogens with two attached hydrogens (primary N) is 1. The average molecular weight is 268 g/mol. The van der Waals surface area contributed by atoms with Gasteiger partial charge in [0.15, 0.2) is 0 Å². The summed E-state index contributed by atoms with van der Waals surface area (Å²) in [5.74, 6) is 0.620. The lowest BCUT2D eigenvalue weighted by Gasteiger charge is -2.36. The van der Waals surface area contributed by atoms with Gasteiger partial charge >= 0.3 is 6.09 Å². The van der Waals surface area contributed by atoms with E-state index >= 15 is 0 Å². The molecule has 4 nitrogen and oxygen atoms in total. The molecule has 0 bridgehead atoms. The van der Waals surface area contributed by atoms with Crippen LogP contribution in [0.3, 0.4) is 0 Å². The minimum atomic E-state index is -0.404. The Labute approximate surface area is 116 Å². The summed E-state index contributed by atoms with van der Waals surface area (Å²) in [5.41, 5.74) is 5.56. The zero-order chi connectivity index (χ0) is 14.0. The molecule has 2 N–H and O–H groups in total. The lowest BCUT2D eigenvalue weighted by atomic mass is 9.81. The van der Waals surface area contributed by atoms with Crippen molar-refractivity contribution in [2.45, 2.75) is 77.0 Å². The van der Waals surface area contributed by atoms with Crippen molar-refractivity contribution in [3.63, 3.8) is 0 Å². The minimum absolute atomic E-state index is 0.134. The molecule has 0 aromatic heterocycles. The Morgan fingerprint density at radius 1 is 1.16 bits per heavy atom. The van der Waals surface area contributed by atoms with Crippen molar-refractivity contribution >= 4 is 6.09 Å². The molecule has 1 amide bonds. The second-order valence-electron chi connectivity index (χ2n) is 7.06. The number of carbonyl (C=O) groups excluding carboxylic acids is 1. The van der Waals surface area contributed by atoms with Crippen molar-refractivity contribution < 1.29 is 9.53 Å². The van der Waals surface area contributed by atoms with E-state index in [1.54, 1.807) is 0 Å². The van der Waals surface area contributed by atoms with Crippen LogP contribution in [-0.2, 0) is 4.74 Å². The summed E-state index contributed by atoms with van der Waals surface area (Å²) < 4.78 is 5.53. The highest BCUT2D eigenvalue weighted by atomic mass is 16.6. The maximum atomic E-state index is 12.3. The van der Waals surface area contributed by atoms with Crippen LogP contribution >= 0.6 is 0 Å². The summed E-state index contributed by atoms with van der Waals surface area (Å²) in [7, 11) is 0. The smallest absolute Gasteiger partial charge is 0.410 e. The maximum absolute atomic E-state index is 12.3. The number of amides is 1. The van der Waals surface area contributed by atoms with Gasteiger partial charge in [-0.2, -0.15) is 0 Å². The van der Waals surface area contributed by atoms with E-state index in [-0.39, 0.29) is 6.09 Å². The Morgan fingerprint density at radius 2 is 1.79 bits per heavy atom. The van der Waals surface area contributed by atoms with E-state index in [9.17, 15) is 4.79 Å². The highest BCUT2D eigenvalue weighted by Crippen LogP contribution is 2.34. The Morgan fingerprint density at radius 3 is 2.37 bits per heavy atom. The van der Waals surface area contributed by atoms with Crippen LogP contribution in [0.25, 0.3) is 0 Å². The molecule has 0 unspecified atom stereocenters. The molecule has 4 heteroatoms. The first-order valence-corrected chi connectivity index (χ1v) is 7.62. The summed E-state index contributed by atoms with van der Waals surface area (Å²) in [5, 5.41) is 0. The van der Waals surface area contributed by atoms with Gasteiger partial charge in [-0.15, -0.1) is 0 Å². The van der Waals surface area contributed by atoms with Crippen molar-refractivity contribution in [3.8, 4) is 0 Å². The van der Waals surface area contributed by atoms with Crippen LogP contribution < -0.4 is 5.73 Å². The quantitative estimate of drug-likeness (QED) is 0.795. The molecule has 1 saturated carbocycles. The van der Waals surface area contributed by atoms with Crippen molar-refractivity contribution in [1.82, 2.24) is 4.90 Å². The number of hydrogen-bond donors (Lipinski definition) is 1. The summed E-state index contributed by atoms with van der Waals surface area (Å²) in [6, 6.07) is 0.745. The first-order chi connectivity index (χ1) is 8.87. The molecule has 1 aliphatic heterocycles. The normalized spacial score (nSPS) is 32.4. The SMILES string of the molecule is CC(C)(C)OC(=O)N1CCC[C@H]1C1CCC(N)CC1. The molecule has 2 rings (SSSR count). The number of ether oxygens (including phenoxy) is 1. The minimum Gasteiger partial charge on any atom is -0.444 e. The second kappa shape index (κ2) is 5.70. The fraction of sp³-hybridized carbons (Fsp3) is 0.933. The summed E-state index contributed by atoms with van der Waals surface area (Å²) in [4.78, 5) is 14.2. The van der Waals surface area contributed by atoms with Gasteiger partial charge in [-0.05, 0) is 65.2 Å². The van der Waals surface area contributed by atoms with Crippen LogP contribution in [0, 0.1) is 5.92 Å². The van der Waals surface area contributed by atoms with Gasteiger partial charge in [-0.25, -0.2) is 4.79 Å². The van der Waals surface area contributed by atoms with E-state index in [1.807, 2.05) is 25.7 Å². The number of carbonyl (C=O) groups is 1. The van der Waals surface area contributed by atoms with Crippen molar-refractivity contribution in [2.24, 2.45) is 11.7 Å². The third-order valence-corrected chi connectivity index (χ3v) is 4.29. The van der Waals surface area contributed by atoms with Gasteiger partial charge in [0, 0.05) is 18.6 Å². The molecule has 1 saturated heterocycles. The Hall–Kier alpha value is -0.770. The molecule has 19 heavy (non-hydrogen) atoms. The number of hydrogen-bond acceptors (Lipinski definition) is 3. The van der Waals surface area contributed by atoms with Crippen LogP contribution in [0.4, 0.5) is 4.79 Å². The van der Waals surface area contributed by atoms with Crippen LogP contribution in [-0.4, -0.2) is 35.2 Å². The van der Waals surface area contributed by atoms with E-state index in [0.29, 0.717) is 18.0 Å². The molecule has 2 aliphatic rings. The van der Waals surface area contributed by atoms with Gasteiger partial charge in [0.25, 0.3) is 0 Å². The molecule has 0 spiro atoms. The summed E-state index contributed by atoms with van der Waals surface area (Å²) in [6.45, 7) is 6.63. The fourth-order valence-electron chi connectivity index (χ4n) is 3.36. The zero-order valence-corrected chi connectivity index (χ0v) is 12.5. The van der Waals surface area contributed by atoms with E-state index in [0.717, 1.165) is 45.1 Å². The van der Waals surface area contributed by atoms with Gasteiger partial charge in [0.1, 0.15) is 5.60 Å². The monoisotopic (exact) mass is 268 g/mol. The number of rotatable bonds is 1. The largest absolute Gasteiger partial charge is 0.444 e. The molecule has 1 atom stereocenters. The average Bonchev–Trinajstić information content (AvgIpc) is 2.76. The van der Waals surface area contributed by atoms with Crippen LogP contribution in [0.2, 0.25) is 0 Å². The molecule has 1 heterocycles. The van der Waals surface area contributed by atoms with Gasteiger partial charge in [-0.1, -0.05) is 0 Å². The molecule has 0 aromatic carbocycles. The first kappa shape index (κ1) is 14.6.